The molecule has 2 aromatic rings. The minimum atomic E-state index is -2.51. The van der Waals surface area contributed by atoms with Crippen molar-refractivity contribution in [2.75, 3.05) is 7.11 Å². The van der Waals surface area contributed by atoms with Crippen molar-refractivity contribution in [1.29, 1.82) is 0 Å². The van der Waals surface area contributed by atoms with Gasteiger partial charge in [-0.25, -0.2) is 13.8 Å². The van der Waals surface area contributed by atoms with Gasteiger partial charge < -0.3 is 9.72 Å². The summed E-state index contributed by atoms with van der Waals surface area (Å²) < 4.78 is 29.8. The molecule has 0 bridgehead atoms. The van der Waals surface area contributed by atoms with Gasteiger partial charge in [-0.1, -0.05) is 24.3 Å². The van der Waals surface area contributed by atoms with Crippen LogP contribution < -0.4 is 5.56 Å². The van der Waals surface area contributed by atoms with Crippen LogP contribution in [0.25, 0.3) is 11.4 Å². The van der Waals surface area contributed by atoms with Crippen LogP contribution in [0.4, 0.5) is 8.78 Å². The van der Waals surface area contributed by atoms with Crippen LogP contribution in [0, 0.1) is 0 Å². The van der Waals surface area contributed by atoms with Crippen molar-refractivity contribution in [3.05, 3.63) is 51.9 Å². The number of benzene rings is 1. The third-order valence-electron chi connectivity index (χ3n) is 2.52. The van der Waals surface area contributed by atoms with Gasteiger partial charge in [-0.05, 0) is 0 Å². The van der Waals surface area contributed by atoms with E-state index in [1.165, 1.54) is 37.4 Å². The van der Waals surface area contributed by atoms with Crippen molar-refractivity contribution in [2.24, 2.45) is 0 Å². The Labute approximate surface area is 108 Å². The standard InChI is InChI=1S/C13H12F2N2O2/c1-19-7-10-6-11(18)17-13(16-10)9-4-2-8(3-5-9)12(14)15/h2-6,12H,7H2,1H3,(H,16,17,18). The maximum atomic E-state index is 12.4. The molecule has 0 saturated heterocycles. The van der Waals surface area contributed by atoms with Crippen LogP contribution in [0.5, 0.6) is 0 Å². The van der Waals surface area contributed by atoms with Crippen LogP contribution in [0.3, 0.4) is 0 Å². The van der Waals surface area contributed by atoms with Gasteiger partial charge in [-0.3, -0.25) is 4.79 Å². The van der Waals surface area contributed by atoms with Gasteiger partial charge in [0, 0.05) is 24.3 Å². The highest BCUT2D eigenvalue weighted by Gasteiger charge is 2.08. The summed E-state index contributed by atoms with van der Waals surface area (Å²) in [5.41, 5.74) is 0.674. The van der Waals surface area contributed by atoms with E-state index < -0.39 is 6.43 Å². The Morgan fingerprint density at radius 3 is 2.58 bits per heavy atom. The molecule has 1 aromatic heterocycles. The van der Waals surface area contributed by atoms with Crippen molar-refractivity contribution in [3.63, 3.8) is 0 Å². The maximum absolute atomic E-state index is 12.4. The lowest BCUT2D eigenvalue weighted by molar-refractivity contribution is 0.151. The smallest absolute Gasteiger partial charge is 0.263 e. The third kappa shape index (κ3) is 3.23. The minimum absolute atomic E-state index is 0.0702. The first-order valence-electron chi connectivity index (χ1n) is 5.58. The molecule has 0 unspecified atom stereocenters. The molecule has 0 atom stereocenters. The molecule has 19 heavy (non-hydrogen) atoms. The highest BCUT2D eigenvalue weighted by Crippen LogP contribution is 2.21. The second-order valence-corrected chi connectivity index (χ2v) is 3.94. The summed E-state index contributed by atoms with van der Waals surface area (Å²) in [7, 11) is 1.50. The fraction of sp³-hybridized carbons (Fsp3) is 0.231. The Hall–Kier alpha value is -2.08. The number of ether oxygens (including phenoxy) is 1. The number of nitrogens with one attached hydrogen (secondary N) is 1. The number of alkyl halides is 2. The van der Waals surface area contributed by atoms with Gasteiger partial charge in [-0.2, -0.15) is 0 Å². The maximum Gasteiger partial charge on any atom is 0.263 e. The SMILES string of the molecule is COCc1cc(=O)[nH]c(-c2ccc(C(F)F)cc2)n1. The number of H-pyrrole nitrogens is 1. The van der Waals surface area contributed by atoms with E-state index in [1.54, 1.807) is 0 Å². The molecule has 0 radical (unpaired) electrons. The highest BCUT2D eigenvalue weighted by molar-refractivity contribution is 5.55. The lowest BCUT2D eigenvalue weighted by Crippen LogP contribution is -2.10. The monoisotopic (exact) mass is 266 g/mol. The molecule has 100 valence electrons. The molecular formula is C13H12F2N2O2. The second kappa shape index (κ2) is 5.71. The van der Waals surface area contributed by atoms with Crippen LogP contribution in [0.2, 0.25) is 0 Å². The lowest BCUT2D eigenvalue weighted by Gasteiger charge is -2.05. The topological polar surface area (TPSA) is 55.0 Å². The molecular weight excluding hydrogens is 254 g/mol. The molecule has 0 aliphatic carbocycles. The predicted molar refractivity (Wildman–Crippen MR) is 66.0 cm³/mol. The summed E-state index contributed by atoms with van der Waals surface area (Å²) in [5.74, 6) is 0.334. The van der Waals surface area contributed by atoms with E-state index in [1.807, 2.05) is 0 Å². The molecule has 0 amide bonds. The zero-order valence-electron chi connectivity index (χ0n) is 10.2. The Morgan fingerprint density at radius 2 is 2.00 bits per heavy atom. The van der Waals surface area contributed by atoms with Gasteiger partial charge >= 0.3 is 0 Å². The largest absolute Gasteiger partial charge is 0.378 e. The molecule has 2 rings (SSSR count). The van der Waals surface area contributed by atoms with Gasteiger partial charge in [0.05, 0.1) is 12.3 Å². The van der Waals surface area contributed by atoms with Crippen LogP contribution in [0.15, 0.2) is 35.1 Å². The zero-order valence-corrected chi connectivity index (χ0v) is 10.2. The fourth-order valence-corrected chi connectivity index (χ4v) is 1.65. The normalized spacial score (nSPS) is 10.9. The fourth-order valence-electron chi connectivity index (χ4n) is 1.65. The van der Waals surface area contributed by atoms with E-state index in [4.69, 9.17) is 4.74 Å². The first-order valence-corrected chi connectivity index (χ1v) is 5.58. The Bertz CT molecular complexity index is 609. The molecule has 0 spiro atoms. The summed E-state index contributed by atoms with van der Waals surface area (Å²) in [6, 6.07) is 6.94. The quantitative estimate of drug-likeness (QED) is 0.925. The number of nitrogens with zero attached hydrogens (tertiary/aromatic N) is 1. The molecule has 0 aliphatic rings. The Kier molecular flexibility index (Phi) is 4.01. The Morgan fingerprint density at radius 1 is 1.32 bits per heavy atom. The van der Waals surface area contributed by atoms with Crippen LogP contribution in [0.1, 0.15) is 17.7 Å². The van der Waals surface area contributed by atoms with Crippen LogP contribution in [-0.2, 0) is 11.3 Å². The van der Waals surface area contributed by atoms with Crippen molar-refractivity contribution in [1.82, 2.24) is 9.97 Å². The van der Waals surface area contributed by atoms with Gasteiger partial charge in [0.1, 0.15) is 5.82 Å². The number of halogens is 2. The number of hydrogen-bond acceptors (Lipinski definition) is 3. The summed E-state index contributed by atoms with van der Waals surface area (Å²) in [4.78, 5) is 18.2. The van der Waals surface area contributed by atoms with Crippen LogP contribution in [-0.4, -0.2) is 17.1 Å². The summed E-state index contributed by atoms with van der Waals surface area (Å²) in [6.07, 6.45) is -2.51. The van der Waals surface area contributed by atoms with E-state index in [9.17, 15) is 13.6 Å². The molecule has 0 saturated carbocycles. The van der Waals surface area contributed by atoms with Gasteiger partial charge in [0.2, 0.25) is 0 Å². The second-order valence-electron chi connectivity index (χ2n) is 3.94. The van der Waals surface area contributed by atoms with E-state index in [-0.39, 0.29) is 17.7 Å². The van der Waals surface area contributed by atoms with Gasteiger partial charge in [0.25, 0.3) is 12.0 Å². The number of rotatable bonds is 4. The number of aromatic amines is 1. The Balaban J connectivity index is 2.38. The molecule has 1 aromatic carbocycles. The van der Waals surface area contributed by atoms with Gasteiger partial charge in [-0.15, -0.1) is 0 Å². The predicted octanol–water partition coefficient (Wildman–Crippen LogP) is 2.52. The average molecular weight is 266 g/mol. The van der Waals surface area contributed by atoms with Crippen molar-refractivity contribution >= 4 is 0 Å². The third-order valence-corrected chi connectivity index (χ3v) is 2.52. The molecule has 1 N–H and O–H groups in total. The summed E-state index contributed by atoms with van der Waals surface area (Å²) in [6.45, 7) is 0.214. The number of methoxy groups -OCH3 is 1. The van der Waals surface area contributed by atoms with Gasteiger partial charge in [0.15, 0.2) is 0 Å². The first kappa shape index (κ1) is 13.4. The molecule has 0 fully saturated rings. The van der Waals surface area contributed by atoms with Crippen molar-refractivity contribution in [2.45, 2.75) is 13.0 Å². The average Bonchev–Trinajstić information content (AvgIpc) is 2.38. The number of aromatic nitrogens is 2. The highest BCUT2D eigenvalue weighted by atomic mass is 19.3. The van der Waals surface area contributed by atoms with Crippen molar-refractivity contribution in [3.8, 4) is 11.4 Å². The molecule has 0 aliphatic heterocycles. The van der Waals surface area contributed by atoms with E-state index >= 15 is 0 Å². The van der Waals surface area contributed by atoms with E-state index in [2.05, 4.69) is 9.97 Å². The molecule has 1 heterocycles. The number of hydrogen-bond donors (Lipinski definition) is 1. The molecule has 6 heteroatoms. The summed E-state index contributed by atoms with van der Waals surface area (Å²) in [5, 5.41) is 0. The van der Waals surface area contributed by atoms with Crippen molar-refractivity contribution < 1.29 is 13.5 Å². The minimum Gasteiger partial charge on any atom is -0.378 e. The molecule has 4 nitrogen and oxygen atoms in total. The summed E-state index contributed by atoms with van der Waals surface area (Å²) >= 11 is 0. The van der Waals surface area contributed by atoms with E-state index in [0.29, 0.717) is 17.1 Å². The zero-order chi connectivity index (χ0) is 13.8. The first-order chi connectivity index (χ1) is 9.10. The lowest BCUT2D eigenvalue weighted by atomic mass is 10.1. The van der Waals surface area contributed by atoms with E-state index in [0.717, 1.165) is 0 Å². The van der Waals surface area contributed by atoms with Crippen LogP contribution >= 0.6 is 0 Å².